The minimum Gasteiger partial charge on any atom is -0.337 e. The van der Waals surface area contributed by atoms with E-state index in [1.165, 1.54) is 25.7 Å². The Morgan fingerprint density at radius 1 is 1.00 bits per heavy atom. The summed E-state index contributed by atoms with van der Waals surface area (Å²) in [4.78, 5) is 12.2. The van der Waals surface area contributed by atoms with Gasteiger partial charge in [0.15, 0.2) is 9.84 Å². The van der Waals surface area contributed by atoms with Gasteiger partial charge in [-0.25, -0.2) is 13.2 Å². The lowest BCUT2D eigenvalue weighted by Gasteiger charge is -2.39. The van der Waals surface area contributed by atoms with Crippen LogP contribution in [0.2, 0.25) is 0 Å². The maximum atomic E-state index is 12.2. The van der Waals surface area contributed by atoms with Gasteiger partial charge in [-0.2, -0.15) is 0 Å². The lowest BCUT2D eigenvalue weighted by atomic mass is 9.70. The van der Waals surface area contributed by atoms with Crippen LogP contribution in [0, 0.1) is 29.6 Å². The van der Waals surface area contributed by atoms with Crippen LogP contribution in [0.15, 0.2) is 0 Å². The van der Waals surface area contributed by atoms with Gasteiger partial charge in [-0.3, -0.25) is 0 Å². The van der Waals surface area contributed by atoms with Gasteiger partial charge >= 0.3 is 6.03 Å². The van der Waals surface area contributed by atoms with E-state index < -0.39 is 9.84 Å². The molecule has 5 unspecified atom stereocenters. The molecule has 0 aliphatic heterocycles. The molecule has 4 aliphatic rings. The van der Waals surface area contributed by atoms with Crippen LogP contribution in [-0.4, -0.2) is 38.5 Å². The molecule has 2 N–H and O–H groups in total. The molecule has 0 aromatic heterocycles. The maximum Gasteiger partial charge on any atom is 0.315 e. The van der Waals surface area contributed by atoms with Crippen molar-refractivity contribution < 1.29 is 13.2 Å². The topological polar surface area (TPSA) is 75.3 Å². The second-order valence-electron chi connectivity index (χ2n) is 8.75. The third-order valence-electron chi connectivity index (χ3n) is 6.98. The minimum atomic E-state index is -3.03. The van der Waals surface area contributed by atoms with Crippen molar-refractivity contribution in [1.29, 1.82) is 0 Å². The highest BCUT2D eigenvalue weighted by atomic mass is 32.2. The summed E-state index contributed by atoms with van der Waals surface area (Å²) in [5.41, 5.74) is 0. The molecule has 136 valence electrons. The first-order valence-electron chi connectivity index (χ1n) is 9.73. The van der Waals surface area contributed by atoms with Crippen molar-refractivity contribution in [2.24, 2.45) is 29.6 Å². The third-order valence-corrected chi connectivity index (χ3v) is 8.79. The fraction of sp³-hybridized carbons (Fsp3) is 0.944. The second-order valence-corrected chi connectivity index (χ2v) is 11.0. The van der Waals surface area contributed by atoms with Crippen LogP contribution in [0.3, 0.4) is 0 Å². The Morgan fingerprint density at radius 2 is 1.75 bits per heavy atom. The fourth-order valence-corrected chi connectivity index (χ4v) is 7.39. The summed E-state index contributed by atoms with van der Waals surface area (Å²) in [7, 11) is -3.03. The highest BCUT2D eigenvalue weighted by Gasteiger charge is 2.49. The number of carbonyl (C=O) groups is 1. The van der Waals surface area contributed by atoms with E-state index in [-0.39, 0.29) is 18.3 Å². The van der Waals surface area contributed by atoms with E-state index in [0.717, 1.165) is 43.4 Å². The van der Waals surface area contributed by atoms with E-state index in [2.05, 4.69) is 10.6 Å². The molecule has 0 aromatic rings. The number of sulfone groups is 1. The Kier molecular flexibility index (Phi) is 4.52. The first-order valence-corrected chi connectivity index (χ1v) is 11.6. The molecule has 0 aromatic carbocycles. The summed E-state index contributed by atoms with van der Waals surface area (Å²) in [6.45, 7) is 0.230. The Morgan fingerprint density at radius 3 is 2.46 bits per heavy atom. The van der Waals surface area contributed by atoms with Crippen molar-refractivity contribution in [2.75, 3.05) is 18.1 Å². The normalized spacial score (nSPS) is 37.9. The lowest BCUT2D eigenvalue weighted by molar-refractivity contribution is 0.139. The van der Waals surface area contributed by atoms with Gasteiger partial charge in [-0.1, -0.05) is 6.42 Å². The average Bonchev–Trinajstić information content (AvgIpc) is 2.69. The van der Waals surface area contributed by atoms with Crippen LogP contribution in [0.4, 0.5) is 4.79 Å². The van der Waals surface area contributed by atoms with Crippen molar-refractivity contribution >= 4 is 15.9 Å². The van der Waals surface area contributed by atoms with Crippen LogP contribution < -0.4 is 10.6 Å². The molecule has 0 saturated heterocycles. The summed E-state index contributed by atoms with van der Waals surface area (Å²) < 4.78 is 24.1. The van der Waals surface area contributed by atoms with Crippen LogP contribution in [0.1, 0.15) is 51.4 Å². The largest absolute Gasteiger partial charge is 0.337 e. The van der Waals surface area contributed by atoms with E-state index in [9.17, 15) is 13.2 Å². The van der Waals surface area contributed by atoms with Crippen LogP contribution in [0.25, 0.3) is 0 Å². The molecule has 5 atom stereocenters. The Hall–Kier alpha value is -0.780. The van der Waals surface area contributed by atoms with E-state index in [1.807, 2.05) is 0 Å². The number of amides is 2. The molecule has 3 bridgehead atoms. The van der Waals surface area contributed by atoms with Gasteiger partial charge in [0.1, 0.15) is 0 Å². The monoisotopic (exact) mass is 354 g/mol. The third kappa shape index (κ3) is 3.58. The first-order chi connectivity index (χ1) is 11.5. The number of carbonyl (C=O) groups excluding carboxylic acids is 1. The number of hydrogen-bond donors (Lipinski definition) is 2. The van der Waals surface area contributed by atoms with Crippen molar-refractivity contribution in [3.8, 4) is 0 Å². The molecule has 0 radical (unpaired) electrons. The zero-order valence-electron chi connectivity index (χ0n) is 14.4. The molecule has 4 rings (SSSR count). The van der Waals surface area contributed by atoms with Gasteiger partial charge in [0, 0.05) is 12.6 Å². The van der Waals surface area contributed by atoms with Gasteiger partial charge < -0.3 is 10.6 Å². The average molecular weight is 355 g/mol. The fourth-order valence-electron chi connectivity index (χ4n) is 5.76. The van der Waals surface area contributed by atoms with Crippen molar-refractivity contribution in [3.05, 3.63) is 0 Å². The van der Waals surface area contributed by atoms with Crippen molar-refractivity contribution in [3.63, 3.8) is 0 Å². The molecule has 4 saturated carbocycles. The van der Waals surface area contributed by atoms with Crippen LogP contribution in [0.5, 0.6) is 0 Å². The molecule has 5 nitrogen and oxygen atoms in total. The molecule has 2 amide bonds. The van der Waals surface area contributed by atoms with Gasteiger partial charge in [0.05, 0.1) is 11.5 Å². The zero-order valence-corrected chi connectivity index (χ0v) is 15.2. The lowest BCUT2D eigenvalue weighted by Crippen LogP contribution is -2.50. The smallest absolute Gasteiger partial charge is 0.315 e. The Labute approximate surface area is 145 Å². The predicted molar refractivity (Wildman–Crippen MR) is 93.4 cm³/mol. The molecule has 0 spiro atoms. The van der Waals surface area contributed by atoms with E-state index >= 15 is 0 Å². The summed E-state index contributed by atoms with van der Waals surface area (Å²) in [6, 6.07) is 0.122. The Balaban J connectivity index is 1.21. The molecular weight excluding hydrogens is 324 g/mol. The van der Waals surface area contributed by atoms with E-state index in [4.69, 9.17) is 0 Å². The maximum absolute atomic E-state index is 12.2. The molecule has 4 fully saturated rings. The minimum absolute atomic E-state index is 0.0678. The quantitative estimate of drug-likeness (QED) is 0.769. The number of nitrogens with one attached hydrogen (secondary N) is 2. The zero-order chi connectivity index (χ0) is 16.7. The van der Waals surface area contributed by atoms with Crippen molar-refractivity contribution in [2.45, 2.75) is 57.4 Å². The summed E-state index contributed by atoms with van der Waals surface area (Å²) in [6.07, 6.45) is 9.71. The van der Waals surface area contributed by atoms with Gasteiger partial charge in [-0.05, 0) is 74.5 Å². The summed E-state index contributed by atoms with van der Waals surface area (Å²) in [5, 5.41) is 5.93. The second kappa shape index (κ2) is 6.50. The predicted octanol–water partition coefficient (Wildman–Crippen LogP) is 2.33. The SMILES string of the molecule is O=C(NCCS(=O)(=O)CC1CCC1)NC1CC2CC3CC(C2)C1C3. The van der Waals surface area contributed by atoms with Crippen LogP contribution >= 0.6 is 0 Å². The molecular formula is C18H30N2O3S. The number of hydrogen-bond acceptors (Lipinski definition) is 3. The first kappa shape index (κ1) is 16.7. The highest BCUT2D eigenvalue weighted by Crippen LogP contribution is 2.55. The summed E-state index contributed by atoms with van der Waals surface area (Å²) >= 11 is 0. The molecule has 6 heteroatoms. The van der Waals surface area contributed by atoms with Crippen molar-refractivity contribution in [1.82, 2.24) is 10.6 Å². The molecule has 24 heavy (non-hydrogen) atoms. The van der Waals surface area contributed by atoms with Gasteiger partial charge in [-0.15, -0.1) is 0 Å². The number of rotatable bonds is 6. The number of urea groups is 1. The van der Waals surface area contributed by atoms with Gasteiger partial charge in [0.2, 0.25) is 0 Å². The highest BCUT2D eigenvalue weighted by molar-refractivity contribution is 7.91. The Bertz CT molecular complexity index is 585. The van der Waals surface area contributed by atoms with E-state index in [0.29, 0.717) is 23.6 Å². The van der Waals surface area contributed by atoms with E-state index in [1.54, 1.807) is 0 Å². The molecule has 4 aliphatic carbocycles. The summed E-state index contributed by atoms with van der Waals surface area (Å²) in [5.74, 6) is 3.88. The van der Waals surface area contributed by atoms with Gasteiger partial charge in [0.25, 0.3) is 0 Å². The number of fused-ring (bicyclic) bond motifs is 2. The van der Waals surface area contributed by atoms with Crippen LogP contribution in [-0.2, 0) is 9.84 Å². The molecule has 0 heterocycles. The standard InChI is InChI=1S/C18H30N2O3S/c21-18(19-4-5-24(22,23)11-12-2-1-3-12)20-17-10-14-6-13-7-15(8-14)16(17)9-13/h12-17H,1-11H2,(H2,19,20,21).